The average molecular weight is 248 g/mol. The molecule has 1 aliphatic rings. The topological polar surface area (TPSA) is 42.7 Å². The largest absolute Gasteiger partial charge is 0.378 e. The van der Waals surface area contributed by atoms with Crippen molar-refractivity contribution in [2.24, 2.45) is 0 Å². The molecule has 1 aliphatic heterocycles. The van der Waals surface area contributed by atoms with Gasteiger partial charge in [-0.05, 0) is 0 Å². The van der Waals surface area contributed by atoms with Gasteiger partial charge in [0.1, 0.15) is 18.8 Å². The fourth-order valence-electron chi connectivity index (χ4n) is 1.98. The van der Waals surface area contributed by atoms with Crippen LogP contribution in [0.2, 0.25) is 5.15 Å². The molecule has 0 amide bonds. The first-order valence-electron chi connectivity index (χ1n) is 5.38. The van der Waals surface area contributed by atoms with Gasteiger partial charge in [-0.25, -0.2) is 9.97 Å². The molecule has 86 valence electrons. The number of morpholine rings is 1. The molecule has 2 aromatic rings. The summed E-state index contributed by atoms with van der Waals surface area (Å²) in [6, 6.07) is 1.82. The molecule has 17 heavy (non-hydrogen) atoms. The van der Waals surface area contributed by atoms with Crippen LogP contribution in [0, 0.1) is 0 Å². The Bertz CT molecular complexity index is 552. The van der Waals surface area contributed by atoms with Crippen LogP contribution in [-0.4, -0.2) is 48.5 Å². The lowest BCUT2D eigenvalue weighted by molar-refractivity contribution is 0.122. The van der Waals surface area contributed by atoms with Crippen molar-refractivity contribution in [1.29, 1.82) is 0 Å². The van der Waals surface area contributed by atoms with E-state index in [1.807, 2.05) is 10.5 Å². The Kier molecular flexibility index (Phi) is 2.68. The highest BCUT2D eigenvalue weighted by Crippen LogP contribution is 2.20. The number of hydrogen-bond donors (Lipinski definition) is 0. The molecule has 1 fully saturated rings. The van der Waals surface area contributed by atoms with Gasteiger partial charge in [-0.3, -0.25) is 4.40 Å². The smallest absolute Gasteiger partial charge is 0.236 e. The van der Waals surface area contributed by atoms with Crippen LogP contribution < -0.4 is 10.5 Å². The number of fused-ring (bicyclic) bond motifs is 1. The van der Waals surface area contributed by atoms with Crippen molar-refractivity contribution in [2.45, 2.75) is 0 Å². The minimum atomic E-state index is 0.421. The van der Waals surface area contributed by atoms with Gasteiger partial charge in [-0.2, -0.15) is 0 Å². The van der Waals surface area contributed by atoms with Gasteiger partial charge >= 0.3 is 0 Å². The number of hydrogen-bond acceptors (Lipinski definition) is 4. The Morgan fingerprint density at radius 3 is 2.82 bits per heavy atom. The van der Waals surface area contributed by atoms with Crippen LogP contribution in [0.25, 0.3) is 5.78 Å². The van der Waals surface area contributed by atoms with E-state index in [-0.39, 0.29) is 0 Å². The number of aromatic nitrogens is 3. The molecule has 0 spiro atoms. The molecule has 3 heterocycles. The maximum Gasteiger partial charge on any atom is 0.236 e. The Labute approximate surface area is 105 Å². The van der Waals surface area contributed by atoms with Gasteiger partial charge in [0.15, 0.2) is 0 Å². The van der Waals surface area contributed by atoms with E-state index in [1.54, 1.807) is 6.20 Å². The van der Waals surface area contributed by atoms with Crippen molar-refractivity contribution in [3.05, 3.63) is 17.4 Å². The van der Waals surface area contributed by atoms with E-state index in [2.05, 4.69) is 14.9 Å². The summed E-state index contributed by atoms with van der Waals surface area (Å²) < 4.78 is 7.18. The minimum Gasteiger partial charge on any atom is -0.378 e. The Hall–Kier alpha value is -1.27. The summed E-state index contributed by atoms with van der Waals surface area (Å²) in [7, 11) is 5.68. The molecule has 0 unspecified atom stereocenters. The highest BCUT2D eigenvalue weighted by Gasteiger charge is 2.16. The van der Waals surface area contributed by atoms with Gasteiger partial charge in [-0.1, -0.05) is 11.6 Å². The average Bonchev–Trinajstić information content (AvgIpc) is 2.69. The number of nitrogens with zero attached hydrogens (tertiary/aromatic N) is 4. The molecule has 0 N–H and O–H groups in total. The molecule has 2 radical (unpaired) electrons. The zero-order chi connectivity index (χ0) is 11.8. The van der Waals surface area contributed by atoms with E-state index in [0.29, 0.717) is 29.7 Å². The van der Waals surface area contributed by atoms with Crippen molar-refractivity contribution in [3.63, 3.8) is 0 Å². The van der Waals surface area contributed by atoms with Crippen molar-refractivity contribution >= 4 is 36.6 Å². The summed E-state index contributed by atoms with van der Waals surface area (Å²) in [5.41, 5.74) is 0.439. The van der Waals surface area contributed by atoms with E-state index in [0.717, 1.165) is 18.9 Å². The molecular weight excluding hydrogens is 238 g/mol. The van der Waals surface area contributed by atoms with Gasteiger partial charge in [0.2, 0.25) is 5.78 Å². The Morgan fingerprint density at radius 1 is 1.29 bits per heavy atom. The highest BCUT2D eigenvalue weighted by molar-refractivity contribution is 6.31. The maximum atomic E-state index is 5.99. The summed E-state index contributed by atoms with van der Waals surface area (Å²) >= 11 is 5.99. The minimum absolute atomic E-state index is 0.421. The molecular formula is C10H10BClN4O. The molecule has 0 aromatic carbocycles. The van der Waals surface area contributed by atoms with E-state index >= 15 is 0 Å². The van der Waals surface area contributed by atoms with Gasteiger partial charge in [0.05, 0.1) is 13.2 Å². The number of anilines is 1. The lowest BCUT2D eigenvalue weighted by Gasteiger charge is -2.29. The maximum absolute atomic E-state index is 5.99. The first-order valence-corrected chi connectivity index (χ1v) is 5.75. The predicted octanol–water partition coefficient (Wildman–Crippen LogP) is 0.0131. The highest BCUT2D eigenvalue weighted by atomic mass is 35.5. The molecule has 0 bridgehead atoms. The van der Waals surface area contributed by atoms with Crippen LogP contribution in [0.5, 0.6) is 0 Å². The Morgan fingerprint density at radius 2 is 2.06 bits per heavy atom. The van der Waals surface area contributed by atoms with Crippen LogP contribution in [0.3, 0.4) is 0 Å². The first kappa shape index (κ1) is 10.9. The molecule has 7 heteroatoms. The second-order valence-electron chi connectivity index (χ2n) is 3.87. The van der Waals surface area contributed by atoms with E-state index in [9.17, 15) is 0 Å². The fraction of sp³-hybridized carbons (Fsp3) is 0.400. The predicted molar refractivity (Wildman–Crippen MR) is 66.4 cm³/mol. The van der Waals surface area contributed by atoms with Gasteiger partial charge in [0, 0.05) is 30.9 Å². The Balaban J connectivity index is 2.12. The van der Waals surface area contributed by atoms with Gasteiger partial charge in [-0.15, -0.1) is 0 Å². The quantitative estimate of drug-likeness (QED) is 0.527. The van der Waals surface area contributed by atoms with Gasteiger partial charge in [0.25, 0.3) is 0 Å². The fourth-order valence-corrected chi connectivity index (χ4v) is 2.15. The van der Waals surface area contributed by atoms with Crippen LogP contribution in [0.1, 0.15) is 0 Å². The lowest BCUT2D eigenvalue weighted by atomic mass is 10.1. The zero-order valence-electron chi connectivity index (χ0n) is 9.14. The third-order valence-corrected chi connectivity index (χ3v) is 2.94. The second kappa shape index (κ2) is 4.20. The molecule has 1 saturated heterocycles. The molecule has 0 saturated carbocycles. The van der Waals surface area contributed by atoms with E-state index in [4.69, 9.17) is 24.2 Å². The molecule has 0 aliphatic carbocycles. The summed E-state index contributed by atoms with van der Waals surface area (Å²) in [6.07, 6.45) is 1.75. The summed E-state index contributed by atoms with van der Waals surface area (Å²) in [5.74, 6) is 1.48. The van der Waals surface area contributed by atoms with E-state index in [1.165, 1.54) is 0 Å². The van der Waals surface area contributed by atoms with Gasteiger partial charge < -0.3 is 9.64 Å². The third kappa shape index (κ3) is 1.98. The SMILES string of the molecule is [B]c1cn2c(N3CCOCC3)cc(Cl)nc2n1. The summed E-state index contributed by atoms with van der Waals surface area (Å²) in [5, 5.41) is 0.421. The summed E-state index contributed by atoms with van der Waals surface area (Å²) in [4.78, 5) is 10.4. The monoisotopic (exact) mass is 248 g/mol. The number of ether oxygens (including phenoxy) is 1. The number of halogens is 1. The molecule has 2 aromatic heterocycles. The molecule has 5 nitrogen and oxygen atoms in total. The molecule has 0 atom stereocenters. The number of rotatable bonds is 1. The van der Waals surface area contributed by atoms with Crippen molar-refractivity contribution in [1.82, 2.24) is 14.4 Å². The van der Waals surface area contributed by atoms with Crippen molar-refractivity contribution in [3.8, 4) is 0 Å². The first-order chi connectivity index (χ1) is 8.24. The number of imidazole rings is 1. The van der Waals surface area contributed by atoms with Crippen molar-refractivity contribution in [2.75, 3.05) is 31.2 Å². The zero-order valence-corrected chi connectivity index (χ0v) is 9.89. The van der Waals surface area contributed by atoms with Crippen LogP contribution in [-0.2, 0) is 4.74 Å². The van der Waals surface area contributed by atoms with Crippen LogP contribution >= 0.6 is 11.6 Å². The normalized spacial score (nSPS) is 16.6. The summed E-state index contributed by atoms with van der Waals surface area (Å²) in [6.45, 7) is 3.08. The van der Waals surface area contributed by atoms with E-state index < -0.39 is 0 Å². The van der Waals surface area contributed by atoms with Crippen molar-refractivity contribution < 1.29 is 4.74 Å². The van der Waals surface area contributed by atoms with Crippen LogP contribution in [0.4, 0.5) is 5.82 Å². The second-order valence-corrected chi connectivity index (χ2v) is 4.26. The molecule has 3 rings (SSSR count). The standard InChI is InChI=1S/C10H10BClN4O/c11-7-6-16-9(15-1-3-17-4-2-15)5-8(12)14-10(16)13-7/h5-6H,1-4H2. The third-order valence-electron chi connectivity index (χ3n) is 2.74. The van der Waals surface area contributed by atoms with Crippen LogP contribution in [0.15, 0.2) is 12.3 Å². The lowest BCUT2D eigenvalue weighted by Crippen LogP contribution is -2.37.